The summed E-state index contributed by atoms with van der Waals surface area (Å²) < 4.78 is 52.1. The fourth-order valence-electron chi connectivity index (χ4n) is 3.11. The lowest BCUT2D eigenvalue weighted by molar-refractivity contribution is -0.174. The molecule has 1 aliphatic heterocycles. The number of carbonyl (C=O) groups is 1. The second-order valence-corrected chi connectivity index (χ2v) is 7.09. The van der Waals surface area contributed by atoms with Gasteiger partial charge in [-0.2, -0.15) is 13.2 Å². The molecule has 1 aliphatic rings. The fourth-order valence-corrected chi connectivity index (χ4v) is 3.31. The number of nitrogens with one attached hydrogen (secondary N) is 1. The van der Waals surface area contributed by atoms with E-state index in [1.807, 2.05) is 0 Å². The van der Waals surface area contributed by atoms with E-state index < -0.39 is 23.9 Å². The normalized spacial score (nSPS) is 20.4. The van der Waals surface area contributed by atoms with E-state index in [2.05, 4.69) is 31.2 Å². The molecule has 2 atom stereocenters. The summed E-state index contributed by atoms with van der Waals surface area (Å²) in [5.74, 6) is -2.46. The molecule has 2 aromatic rings. The number of anilines is 1. The molecule has 1 saturated heterocycles. The number of alkyl halides is 3. The molecule has 1 aromatic carbocycles. The fraction of sp³-hybridized carbons (Fsp3) is 0.353. The quantitative estimate of drug-likeness (QED) is 0.733. The Kier molecular flexibility index (Phi) is 5.64. The molecule has 1 aromatic heterocycles. The highest BCUT2D eigenvalue weighted by atomic mass is 79.9. The van der Waals surface area contributed by atoms with Crippen LogP contribution in [0.25, 0.3) is 0 Å². The monoisotopic (exact) mass is 446 g/mol. The summed E-state index contributed by atoms with van der Waals surface area (Å²) in [6, 6.07) is 4.73. The molecule has 3 rings (SSSR count). The molecule has 27 heavy (non-hydrogen) atoms. The topological polar surface area (TPSA) is 58.1 Å². The average Bonchev–Trinajstić information content (AvgIpc) is 2.62. The van der Waals surface area contributed by atoms with Crippen molar-refractivity contribution in [1.29, 1.82) is 0 Å². The highest BCUT2D eigenvalue weighted by Crippen LogP contribution is 2.31. The molecule has 0 bridgehead atoms. The molecule has 1 N–H and O–H groups in total. The van der Waals surface area contributed by atoms with Crippen LogP contribution in [0.4, 0.5) is 23.5 Å². The number of piperidine rings is 1. The van der Waals surface area contributed by atoms with Crippen molar-refractivity contribution in [2.75, 3.05) is 18.0 Å². The Morgan fingerprint density at radius 3 is 2.41 bits per heavy atom. The summed E-state index contributed by atoms with van der Waals surface area (Å²) in [5, 5.41) is 2.07. The highest BCUT2D eigenvalue weighted by molar-refractivity contribution is 9.10. The van der Waals surface area contributed by atoms with E-state index in [9.17, 15) is 22.4 Å². The van der Waals surface area contributed by atoms with Crippen LogP contribution in [-0.2, 0) is 4.79 Å². The molecule has 2 heterocycles. The smallest absolute Gasteiger partial charge is 0.343 e. The first-order valence-electron chi connectivity index (χ1n) is 8.09. The molecule has 0 saturated carbocycles. The van der Waals surface area contributed by atoms with Gasteiger partial charge in [0.1, 0.15) is 5.82 Å². The van der Waals surface area contributed by atoms with Crippen molar-refractivity contribution in [3.8, 4) is 0 Å². The summed E-state index contributed by atoms with van der Waals surface area (Å²) in [7, 11) is 0. The van der Waals surface area contributed by atoms with Crippen LogP contribution >= 0.6 is 15.9 Å². The van der Waals surface area contributed by atoms with E-state index >= 15 is 0 Å². The van der Waals surface area contributed by atoms with E-state index in [0.717, 1.165) is 0 Å². The minimum atomic E-state index is -4.98. The number of hydrogen-bond acceptors (Lipinski definition) is 4. The SMILES string of the molecule is O=C(NC1CN(c2ncc(Br)cn2)CCC1c1ccc(F)cc1)C(F)(F)F. The number of hydrogen-bond donors (Lipinski definition) is 1. The van der Waals surface area contributed by atoms with Crippen molar-refractivity contribution < 1.29 is 22.4 Å². The maximum absolute atomic E-state index is 13.2. The predicted octanol–water partition coefficient (Wildman–Crippen LogP) is 3.42. The number of benzene rings is 1. The highest BCUT2D eigenvalue weighted by Gasteiger charge is 2.42. The van der Waals surface area contributed by atoms with Crippen LogP contribution in [0.2, 0.25) is 0 Å². The zero-order valence-electron chi connectivity index (χ0n) is 13.9. The molecule has 1 fully saturated rings. The van der Waals surface area contributed by atoms with Gasteiger partial charge in [-0.25, -0.2) is 14.4 Å². The maximum Gasteiger partial charge on any atom is 0.471 e. The van der Waals surface area contributed by atoms with Gasteiger partial charge in [0, 0.05) is 31.4 Å². The maximum atomic E-state index is 13.2. The van der Waals surface area contributed by atoms with Gasteiger partial charge >= 0.3 is 12.1 Å². The van der Waals surface area contributed by atoms with E-state index in [0.29, 0.717) is 29.0 Å². The van der Waals surface area contributed by atoms with Gasteiger partial charge in [-0.3, -0.25) is 4.79 Å². The summed E-state index contributed by atoms with van der Waals surface area (Å²) in [6.45, 7) is 0.591. The Hall–Kier alpha value is -2.23. The molecule has 10 heteroatoms. The molecule has 0 spiro atoms. The molecule has 1 amide bonds. The Bertz CT molecular complexity index is 798. The number of amides is 1. The predicted molar refractivity (Wildman–Crippen MR) is 93.7 cm³/mol. The standard InChI is InChI=1S/C17H15BrF4N4O/c18-11-7-23-16(24-8-11)26-6-5-13(10-1-3-12(19)4-2-10)14(9-26)25-15(27)17(20,21)22/h1-4,7-8,13-14H,5-6,9H2,(H,25,27). The lowest BCUT2D eigenvalue weighted by atomic mass is 9.85. The van der Waals surface area contributed by atoms with Gasteiger partial charge in [-0.1, -0.05) is 12.1 Å². The third kappa shape index (κ3) is 4.74. The molecular weight excluding hydrogens is 432 g/mol. The van der Waals surface area contributed by atoms with Crippen LogP contribution in [0.3, 0.4) is 0 Å². The number of nitrogens with zero attached hydrogens (tertiary/aromatic N) is 3. The molecule has 2 unspecified atom stereocenters. The van der Waals surface area contributed by atoms with Crippen molar-refractivity contribution in [3.05, 3.63) is 52.5 Å². The zero-order valence-corrected chi connectivity index (χ0v) is 15.5. The van der Waals surface area contributed by atoms with E-state index in [-0.39, 0.29) is 12.5 Å². The lowest BCUT2D eigenvalue weighted by Crippen LogP contribution is -2.54. The third-order valence-electron chi connectivity index (χ3n) is 4.37. The third-order valence-corrected chi connectivity index (χ3v) is 4.78. The van der Waals surface area contributed by atoms with Gasteiger partial charge < -0.3 is 10.2 Å². The molecular formula is C17H15BrF4N4O. The lowest BCUT2D eigenvalue weighted by Gasteiger charge is -2.39. The van der Waals surface area contributed by atoms with Gasteiger partial charge in [-0.05, 0) is 40.0 Å². The second kappa shape index (κ2) is 7.79. The number of aromatic nitrogens is 2. The van der Waals surface area contributed by atoms with Gasteiger partial charge in [0.25, 0.3) is 0 Å². The van der Waals surface area contributed by atoms with E-state index in [1.54, 1.807) is 4.90 Å². The van der Waals surface area contributed by atoms with Crippen molar-refractivity contribution in [2.45, 2.75) is 24.6 Å². The summed E-state index contributed by atoms with van der Waals surface area (Å²) in [6.07, 6.45) is -1.45. The van der Waals surface area contributed by atoms with Gasteiger partial charge in [0.2, 0.25) is 5.95 Å². The van der Waals surface area contributed by atoms with Crippen LogP contribution in [-0.4, -0.2) is 41.2 Å². The summed E-state index contributed by atoms with van der Waals surface area (Å²) in [4.78, 5) is 21.5. The Labute approximate surface area is 160 Å². The molecule has 5 nitrogen and oxygen atoms in total. The van der Waals surface area contributed by atoms with Gasteiger partial charge in [-0.15, -0.1) is 0 Å². The van der Waals surface area contributed by atoms with Crippen LogP contribution in [0.15, 0.2) is 41.1 Å². The van der Waals surface area contributed by atoms with E-state index in [1.165, 1.54) is 36.7 Å². The van der Waals surface area contributed by atoms with Gasteiger partial charge in [0.05, 0.1) is 10.5 Å². The first-order valence-corrected chi connectivity index (χ1v) is 8.89. The summed E-state index contributed by atoms with van der Waals surface area (Å²) in [5.41, 5.74) is 0.667. The van der Waals surface area contributed by atoms with Crippen molar-refractivity contribution in [3.63, 3.8) is 0 Å². The minimum Gasteiger partial charge on any atom is -0.343 e. The zero-order chi connectivity index (χ0) is 19.6. The van der Waals surface area contributed by atoms with Crippen LogP contribution in [0, 0.1) is 5.82 Å². The summed E-state index contributed by atoms with van der Waals surface area (Å²) >= 11 is 3.23. The van der Waals surface area contributed by atoms with Crippen LogP contribution in [0.5, 0.6) is 0 Å². The van der Waals surface area contributed by atoms with Gasteiger partial charge in [0.15, 0.2) is 0 Å². The first kappa shape index (κ1) is 19.5. The van der Waals surface area contributed by atoms with Crippen molar-refractivity contribution in [1.82, 2.24) is 15.3 Å². The van der Waals surface area contributed by atoms with Crippen molar-refractivity contribution in [2.24, 2.45) is 0 Å². The molecule has 0 radical (unpaired) electrons. The van der Waals surface area contributed by atoms with Crippen LogP contribution in [0.1, 0.15) is 17.9 Å². The Balaban J connectivity index is 1.84. The Morgan fingerprint density at radius 2 is 1.81 bits per heavy atom. The number of carbonyl (C=O) groups excluding carboxylic acids is 1. The van der Waals surface area contributed by atoms with Crippen LogP contribution < -0.4 is 10.2 Å². The average molecular weight is 447 g/mol. The number of rotatable bonds is 3. The second-order valence-electron chi connectivity index (χ2n) is 6.17. The van der Waals surface area contributed by atoms with Crippen molar-refractivity contribution >= 4 is 27.8 Å². The van der Waals surface area contributed by atoms with E-state index in [4.69, 9.17) is 0 Å². The molecule has 0 aliphatic carbocycles. The Morgan fingerprint density at radius 1 is 1.19 bits per heavy atom. The first-order chi connectivity index (χ1) is 12.7. The minimum absolute atomic E-state index is 0.103. The number of halogens is 5. The molecule has 144 valence electrons. The largest absolute Gasteiger partial charge is 0.471 e.